The summed E-state index contributed by atoms with van der Waals surface area (Å²) in [6.07, 6.45) is -2.44. The van der Waals surface area contributed by atoms with Gasteiger partial charge in [0.25, 0.3) is 5.91 Å². The number of carbonyl (C=O) groups is 2. The van der Waals surface area contributed by atoms with E-state index in [-0.39, 0.29) is 44.4 Å². The van der Waals surface area contributed by atoms with Crippen LogP contribution in [0.5, 0.6) is 0 Å². The number of carboxylic acids is 1. The van der Waals surface area contributed by atoms with Gasteiger partial charge in [0, 0.05) is 34.3 Å². The molecule has 2 unspecified atom stereocenters. The molecular formula is C35H38FN5O5. The number of halogens is 1. The second-order valence-corrected chi connectivity index (χ2v) is 11.4. The van der Waals surface area contributed by atoms with Gasteiger partial charge in [-0.15, -0.1) is 0 Å². The van der Waals surface area contributed by atoms with Crippen molar-refractivity contribution < 1.29 is 29.3 Å². The van der Waals surface area contributed by atoms with Crippen LogP contribution in [0.25, 0.3) is 32.7 Å². The van der Waals surface area contributed by atoms with Gasteiger partial charge >= 0.3 is 5.97 Å². The second-order valence-electron chi connectivity index (χ2n) is 11.4. The average molecular weight is 628 g/mol. The van der Waals surface area contributed by atoms with Gasteiger partial charge in [0.2, 0.25) is 0 Å². The van der Waals surface area contributed by atoms with E-state index < -0.39 is 30.4 Å². The van der Waals surface area contributed by atoms with Crippen molar-refractivity contribution in [2.75, 3.05) is 6.67 Å². The van der Waals surface area contributed by atoms with E-state index in [9.17, 15) is 29.7 Å². The molecule has 0 aliphatic heterocycles. The molecule has 2 atom stereocenters. The van der Waals surface area contributed by atoms with Crippen LogP contribution < -0.4 is 0 Å². The van der Waals surface area contributed by atoms with Gasteiger partial charge < -0.3 is 24.8 Å². The fourth-order valence-corrected chi connectivity index (χ4v) is 5.74. The molecule has 0 bridgehead atoms. The van der Waals surface area contributed by atoms with E-state index in [0.717, 1.165) is 11.1 Å². The fraction of sp³-hybridized carbons (Fsp3) is 0.314. The topological polar surface area (TPSA) is 152 Å². The van der Waals surface area contributed by atoms with Crippen LogP contribution in [0, 0.1) is 5.82 Å². The van der Waals surface area contributed by atoms with Gasteiger partial charge in [-0.1, -0.05) is 77.9 Å². The standard InChI is InChI=1S/C35H38FN5O5/c1-23(2)41-30(18-17-28(42)19-29(43)20-31(44)45)32(26-13-15-27(36)16-14-26)33(25-11-7-4-8-12-25)34(41)35(46)40(22-38-39-37)21-24-9-5-3-6-10-24/h3-16,23,28-29,42-43H,17-22H2,1-2H3,(H,44,45). The Morgan fingerprint density at radius 3 is 2.11 bits per heavy atom. The van der Waals surface area contributed by atoms with Crippen molar-refractivity contribution >= 4 is 11.9 Å². The lowest BCUT2D eigenvalue weighted by Crippen LogP contribution is -2.33. The lowest BCUT2D eigenvalue weighted by molar-refractivity contribution is -0.139. The summed E-state index contributed by atoms with van der Waals surface area (Å²) in [6.45, 7) is 3.83. The number of aliphatic hydroxyl groups is 2. The van der Waals surface area contributed by atoms with Crippen LogP contribution in [-0.2, 0) is 17.8 Å². The number of carboxylic acid groups (broad SMARTS) is 1. The summed E-state index contributed by atoms with van der Waals surface area (Å²) in [7, 11) is 0. The van der Waals surface area contributed by atoms with E-state index in [1.807, 2.05) is 79.1 Å². The molecule has 46 heavy (non-hydrogen) atoms. The van der Waals surface area contributed by atoms with E-state index in [0.29, 0.717) is 28.1 Å². The van der Waals surface area contributed by atoms with E-state index in [4.69, 9.17) is 5.11 Å². The summed E-state index contributed by atoms with van der Waals surface area (Å²) >= 11 is 0. The van der Waals surface area contributed by atoms with Crippen LogP contribution in [0.3, 0.4) is 0 Å². The van der Waals surface area contributed by atoms with Gasteiger partial charge in [-0.25, -0.2) is 4.39 Å². The van der Waals surface area contributed by atoms with E-state index in [1.54, 1.807) is 12.1 Å². The van der Waals surface area contributed by atoms with Crippen LogP contribution in [0.15, 0.2) is 90.0 Å². The molecule has 0 radical (unpaired) electrons. The van der Waals surface area contributed by atoms with Crippen LogP contribution in [0.2, 0.25) is 0 Å². The van der Waals surface area contributed by atoms with E-state index in [1.165, 1.54) is 17.0 Å². The Labute approximate surface area is 267 Å². The third-order valence-corrected chi connectivity index (χ3v) is 7.69. The second kappa shape index (κ2) is 15.9. The normalized spacial score (nSPS) is 12.4. The lowest BCUT2D eigenvalue weighted by Gasteiger charge is -2.25. The molecule has 0 aliphatic rings. The zero-order valence-electron chi connectivity index (χ0n) is 25.8. The molecule has 0 spiro atoms. The maximum atomic E-state index is 14.7. The van der Waals surface area contributed by atoms with Crippen molar-refractivity contribution in [3.05, 3.63) is 118 Å². The SMILES string of the molecule is CC(C)n1c(CCC(O)CC(O)CC(=O)O)c(-c2ccc(F)cc2)c(-c2ccccc2)c1C(=O)N(CN=[N+]=[N-])Cc1ccccc1. The van der Waals surface area contributed by atoms with Gasteiger partial charge in [-0.3, -0.25) is 9.59 Å². The highest BCUT2D eigenvalue weighted by molar-refractivity contribution is 6.05. The molecule has 11 heteroatoms. The summed E-state index contributed by atoms with van der Waals surface area (Å²) in [5.41, 5.74) is 13.8. The maximum Gasteiger partial charge on any atom is 0.305 e. The zero-order chi connectivity index (χ0) is 33.2. The van der Waals surface area contributed by atoms with Crippen molar-refractivity contribution in [2.45, 2.75) is 64.3 Å². The molecular weight excluding hydrogens is 589 g/mol. The quantitative estimate of drug-likeness (QED) is 0.0738. The number of aliphatic hydroxyl groups excluding tert-OH is 2. The zero-order valence-corrected chi connectivity index (χ0v) is 25.8. The number of rotatable bonds is 15. The Morgan fingerprint density at radius 1 is 0.913 bits per heavy atom. The van der Waals surface area contributed by atoms with Crippen LogP contribution in [0.1, 0.15) is 60.9 Å². The Hall–Kier alpha value is -4.96. The fourth-order valence-electron chi connectivity index (χ4n) is 5.74. The molecule has 1 heterocycles. The minimum absolute atomic E-state index is 0.130. The summed E-state index contributed by atoms with van der Waals surface area (Å²) in [5.74, 6) is -1.96. The van der Waals surface area contributed by atoms with Crippen molar-refractivity contribution in [2.24, 2.45) is 5.11 Å². The van der Waals surface area contributed by atoms with Gasteiger partial charge in [-0.05, 0) is 67.5 Å². The number of hydrogen-bond acceptors (Lipinski definition) is 5. The third-order valence-electron chi connectivity index (χ3n) is 7.69. The first-order valence-electron chi connectivity index (χ1n) is 15.1. The highest BCUT2D eigenvalue weighted by Crippen LogP contribution is 2.43. The van der Waals surface area contributed by atoms with Crippen molar-refractivity contribution in [1.29, 1.82) is 0 Å². The van der Waals surface area contributed by atoms with Crippen molar-refractivity contribution in [3.8, 4) is 22.3 Å². The molecule has 0 fully saturated rings. The first-order chi connectivity index (χ1) is 22.1. The monoisotopic (exact) mass is 627 g/mol. The summed E-state index contributed by atoms with van der Waals surface area (Å²) in [6, 6.07) is 24.5. The van der Waals surface area contributed by atoms with Gasteiger partial charge in [-0.2, -0.15) is 0 Å². The van der Waals surface area contributed by atoms with E-state index >= 15 is 0 Å². The van der Waals surface area contributed by atoms with Crippen LogP contribution >= 0.6 is 0 Å². The lowest BCUT2D eigenvalue weighted by atomic mass is 9.92. The predicted molar refractivity (Wildman–Crippen MR) is 173 cm³/mol. The van der Waals surface area contributed by atoms with Crippen molar-refractivity contribution in [1.82, 2.24) is 9.47 Å². The molecule has 10 nitrogen and oxygen atoms in total. The molecule has 4 aromatic rings. The van der Waals surface area contributed by atoms with Gasteiger partial charge in [0.1, 0.15) is 18.2 Å². The molecule has 1 aromatic heterocycles. The summed E-state index contributed by atoms with van der Waals surface area (Å²) in [4.78, 5) is 30.2. The highest BCUT2D eigenvalue weighted by Gasteiger charge is 2.32. The Kier molecular flexibility index (Phi) is 11.7. The Bertz CT molecular complexity index is 1670. The number of aliphatic carboxylic acids is 1. The molecule has 3 aromatic carbocycles. The number of aromatic nitrogens is 1. The number of benzene rings is 3. The summed E-state index contributed by atoms with van der Waals surface area (Å²) in [5, 5.41) is 33.8. The number of carbonyl (C=O) groups excluding carboxylic acids is 1. The smallest absolute Gasteiger partial charge is 0.305 e. The molecule has 240 valence electrons. The largest absolute Gasteiger partial charge is 0.481 e. The number of nitrogens with zero attached hydrogens (tertiary/aromatic N) is 5. The minimum atomic E-state index is -1.22. The number of azide groups is 1. The maximum absolute atomic E-state index is 14.7. The Balaban J connectivity index is 1.94. The van der Waals surface area contributed by atoms with Gasteiger partial charge in [0.05, 0.1) is 18.6 Å². The molecule has 0 aliphatic carbocycles. The third kappa shape index (κ3) is 8.39. The summed E-state index contributed by atoms with van der Waals surface area (Å²) < 4.78 is 16.1. The first kappa shape index (κ1) is 33.9. The average Bonchev–Trinajstić information content (AvgIpc) is 3.38. The van der Waals surface area contributed by atoms with Gasteiger partial charge in [0.15, 0.2) is 0 Å². The van der Waals surface area contributed by atoms with Crippen molar-refractivity contribution in [3.63, 3.8) is 0 Å². The molecule has 0 saturated heterocycles. The van der Waals surface area contributed by atoms with Crippen LogP contribution in [-0.4, -0.2) is 55.5 Å². The highest BCUT2D eigenvalue weighted by atomic mass is 19.1. The molecule has 4 rings (SSSR count). The Morgan fingerprint density at radius 2 is 1.52 bits per heavy atom. The van der Waals surface area contributed by atoms with Crippen LogP contribution in [0.4, 0.5) is 4.39 Å². The first-order valence-corrected chi connectivity index (χ1v) is 15.1. The molecule has 3 N–H and O–H groups in total. The predicted octanol–water partition coefficient (Wildman–Crippen LogP) is 6.97. The number of amides is 1. The molecule has 0 saturated carbocycles. The van der Waals surface area contributed by atoms with E-state index in [2.05, 4.69) is 10.0 Å². The number of hydrogen-bond donors (Lipinski definition) is 3. The minimum Gasteiger partial charge on any atom is -0.481 e. The molecule has 1 amide bonds.